The van der Waals surface area contributed by atoms with E-state index in [0.29, 0.717) is 28.8 Å². The van der Waals surface area contributed by atoms with Crippen LogP contribution < -0.4 is 25.2 Å². The fourth-order valence-electron chi connectivity index (χ4n) is 3.80. The Morgan fingerprint density at radius 3 is 2.27 bits per heavy atom. The number of nitrogens with zero attached hydrogens (tertiary/aromatic N) is 3. The molecule has 5 aromatic rings. The number of aromatic nitrogens is 3. The monoisotopic (exact) mass is 554 g/mol. The van der Waals surface area contributed by atoms with E-state index in [1.165, 1.54) is 19.2 Å². The number of benzene rings is 3. The van der Waals surface area contributed by atoms with Gasteiger partial charge in [-0.25, -0.2) is 18.1 Å². The largest absolute Gasteiger partial charge is 0.497 e. The molecular weight excluding hydrogens is 528 g/mol. The molecule has 40 heavy (non-hydrogen) atoms. The Labute approximate surface area is 231 Å². The summed E-state index contributed by atoms with van der Waals surface area (Å²) in [6, 6.07) is 28.4. The first-order valence-corrected chi connectivity index (χ1v) is 13.7. The number of anilines is 3. The number of ether oxygens (including phenoxy) is 2. The Kier molecular flexibility index (Phi) is 7.85. The Balaban J connectivity index is 1.21. The van der Waals surface area contributed by atoms with E-state index in [9.17, 15) is 8.42 Å². The number of methoxy groups -OCH3 is 1. The Morgan fingerprint density at radius 2 is 1.55 bits per heavy atom. The molecular formula is C29H26N6O4S. The highest BCUT2D eigenvalue weighted by atomic mass is 32.2. The minimum absolute atomic E-state index is 0.00144. The summed E-state index contributed by atoms with van der Waals surface area (Å²) < 4.78 is 38.8. The lowest BCUT2D eigenvalue weighted by Gasteiger charge is -2.11. The van der Waals surface area contributed by atoms with Gasteiger partial charge in [0.2, 0.25) is 16.0 Å². The van der Waals surface area contributed by atoms with Crippen molar-refractivity contribution in [3.05, 3.63) is 109 Å². The van der Waals surface area contributed by atoms with Crippen LogP contribution >= 0.6 is 0 Å². The minimum atomic E-state index is -3.72. The molecule has 10 nitrogen and oxygen atoms in total. The zero-order chi connectivity index (χ0) is 28.0. The van der Waals surface area contributed by atoms with Crippen LogP contribution in [0, 0.1) is 0 Å². The number of nitrogens with one attached hydrogen (secondary N) is 2. The van der Waals surface area contributed by atoms with Crippen LogP contribution in [0.25, 0.3) is 11.3 Å². The van der Waals surface area contributed by atoms with Crippen molar-refractivity contribution in [1.82, 2.24) is 19.7 Å². The molecule has 0 atom stereocenters. The highest BCUT2D eigenvalue weighted by molar-refractivity contribution is 7.89. The van der Waals surface area contributed by atoms with Gasteiger partial charge in [-0.3, -0.25) is 4.98 Å². The van der Waals surface area contributed by atoms with Gasteiger partial charge < -0.3 is 20.5 Å². The van der Waals surface area contributed by atoms with Gasteiger partial charge in [0, 0.05) is 29.6 Å². The molecule has 0 spiro atoms. The molecule has 202 valence electrons. The average Bonchev–Trinajstić information content (AvgIpc) is 2.98. The van der Waals surface area contributed by atoms with Gasteiger partial charge in [-0.1, -0.05) is 30.3 Å². The summed E-state index contributed by atoms with van der Waals surface area (Å²) in [5, 5.41) is 3.24. The zero-order valence-electron chi connectivity index (χ0n) is 21.5. The predicted octanol–water partition coefficient (Wildman–Crippen LogP) is 5.14. The molecule has 0 aliphatic heterocycles. The lowest BCUT2D eigenvalue weighted by atomic mass is 10.1. The Morgan fingerprint density at radius 1 is 0.825 bits per heavy atom. The summed E-state index contributed by atoms with van der Waals surface area (Å²) in [4.78, 5) is 13.0. The molecule has 3 aromatic carbocycles. The van der Waals surface area contributed by atoms with Crippen molar-refractivity contribution in [3.63, 3.8) is 0 Å². The Bertz CT molecular complexity index is 1700. The fraction of sp³-hybridized carbons (Fsp3) is 0.0690. The maximum absolute atomic E-state index is 12.6. The van der Waals surface area contributed by atoms with Gasteiger partial charge >= 0.3 is 0 Å². The molecule has 0 unspecified atom stereocenters. The van der Waals surface area contributed by atoms with Crippen molar-refractivity contribution < 1.29 is 17.9 Å². The van der Waals surface area contributed by atoms with E-state index in [2.05, 4.69) is 25.0 Å². The Hall–Kier alpha value is -5.00. The molecule has 0 aliphatic carbocycles. The second kappa shape index (κ2) is 11.8. The highest BCUT2D eigenvalue weighted by Crippen LogP contribution is 2.26. The smallest absolute Gasteiger partial charge is 0.240 e. The molecule has 4 N–H and O–H groups in total. The second-order valence-electron chi connectivity index (χ2n) is 8.60. The van der Waals surface area contributed by atoms with E-state index >= 15 is 0 Å². The van der Waals surface area contributed by atoms with E-state index in [1.807, 2.05) is 48.5 Å². The van der Waals surface area contributed by atoms with Gasteiger partial charge in [-0.05, 0) is 54.6 Å². The van der Waals surface area contributed by atoms with E-state index in [1.54, 1.807) is 42.6 Å². The minimum Gasteiger partial charge on any atom is -0.497 e. The molecule has 0 amide bonds. The number of nitrogen functional groups attached to an aromatic ring is 1. The molecule has 0 radical (unpaired) electrons. The van der Waals surface area contributed by atoms with Crippen molar-refractivity contribution in [2.45, 2.75) is 11.4 Å². The van der Waals surface area contributed by atoms with Gasteiger partial charge in [0.05, 0.1) is 29.9 Å². The summed E-state index contributed by atoms with van der Waals surface area (Å²) in [6.45, 7) is 0.00144. The van der Waals surface area contributed by atoms with Crippen LogP contribution in [0.2, 0.25) is 0 Å². The van der Waals surface area contributed by atoms with Crippen LogP contribution in [-0.4, -0.2) is 30.5 Å². The molecule has 2 aromatic heterocycles. The normalized spacial score (nSPS) is 11.1. The number of hydrogen-bond donors (Lipinski definition) is 3. The molecule has 5 rings (SSSR count). The third kappa shape index (κ3) is 6.70. The predicted molar refractivity (Wildman–Crippen MR) is 153 cm³/mol. The molecule has 0 bridgehead atoms. The van der Waals surface area contributed by atoms with Gasteiger partial charge in [-0.15, -0.1) is 0 Å². The molecule has 0 aliphatic rings. The van der Waals surface area contributed by atoms with Crippen LogP contribution in [0.15, 0.2) is 108 Å². The number of nitrogens with two attached hydrogens (primary N) is 1. The van der Waals surface area contributed by atoms with Gasteiger partial charge in [0.1, 0.15) is 23.1 Å². The molecule has 11 heteroatoms. The van der Waals surface area contributed by atoms with Gasteiger partial charge in [-0.2, -0.15) is 4.98 Å². The molecule has 2 heterocycles. The van der Waals surface area contributed by atoms with Crippen molar-refractivity contribution in [2.75, 3.05) is 18.2 Å². The van der Waals surface area contributed by atoms with Crippen molar-refractivity contribution >= 4 is 27.5 Å². The summed E-state index contributed by atoms with van der Waals surface area (Å²) >= 11 is 0. The lowest BCUT2D eigenvalue weighted by Crippen LogP contribution is -2.23. The van der Waals surface area contributed by atoms with E-state index in [4.69, 9.17) is 15.2 Å². The number of sulfonamides is 1. The van der Waals surface area contributed by atoms with E-state index in [0.717, 1.165) is 16.9 Å². The summed E-state index contributed by atoms with van der Waals surface area (Å²) in [7, 11) is -2.20. The van der Waals surface area contributed by atoms with Crippen LogP contribution in [-0.2, 0) is 16.6 Å². The molecule has 0 fully saturated rings. The van der Waals surface area contributed by atoms with Crippen LogP contribution in [0.5, 0.6) is 17.2 Å². The quantitative estimate of drug-likeness (QED) is 0.214. The lowest BCUT2D eigenvalue weighted by molar-refractivity contribution is 0.414. The maximum atomic E-state index is 12.6. The number of rotatable bonds is 10. The highest BCUT2D eigenvalue weighted by Gasteiger charge is 2.14. The zero-order valence-corrected chi connectivity index (χ0v) is 22.3. The molecule has 0 saturated carbocycles. The third-order valence-corrected chi connectivity index (χ3v) is 7.19. The first-order valence-electron chi connectivity index (χ1n) is 12.2. The first-order chi connectivity index (χ1) is 19.4. The third-order valence-electron chi connectivity index (χ3n) is 5.78. The number of pyridine rings is 1. The average molecular weight is 555 g/mol. The number of hydrogen-bond acceptors (Lipinski definition) is 9. The summed E-state index contributed by atoms with van der Waals surface area (Å²) in [5.74, 6) is 2.42. The van der Waals surface area contributed by atoms with Crippen LogP contribution in [0.3, 0.4) is 0 Å². The molecule has 0 saturated heterocycles. The summed E-state index contributed by atoms with van der Waals surface area (Å²) in [5.41, 5.74) is 8.87. The maximum Gasteiger partial charge on any atom is 0.240 e. The first kappa shape index (κ1) is 26.6. The summed E-state index contributed by atoms with van der Waals surface area (Å²) in [6.07, 6.45) is 1.56. The van der Waals surface area contributed by atoms with Gasteiger partial charge in [0.25, 0.3) is 0 Å². The fourth-order valence-corrected chi connectivity index (χ4v) is 4.80. The standard InChI is InChI=1S/C29H26N6O4S/c1-38-23-11-13-26(14-12-23)40(36,37)32-19-22-17-25(15-16-31-22)39-24-9-7-21(8-10-24)33-28-18-27(34-29(30)35-28)20-5-3-2-4-6-20/h2-18,32H,19H2,1H3,(H3,30,33,34,35). The van der Waals surface area contributed by atoms with Crippen LogP contribution in [0.1, 0.15) is 5.69 Å². The topological polar surface area (TPSA) is 141 Å². The van der Waals surface area contributed by atoms with Crippen molar-refractivity contribution in [2.24, 2.45) is 0 Å². The van der Waals surface area contributed by atoms with Crippen LogP contribution in [0.4, 0.5) is 17.5 Å². The van der Waals surface area contributed by atoms with E-state index in [-0.39, 0.29) is 17.4 Å². The van der Waals surface area contributed by atoms with E-state index < -0.39 is 10.0 Å². The van der Waals surface area contributed by atoms with Crippen molar-refractivity contribution in [3.8, 4) is 28.5 Å². The SMILES string of the molecule is COc1ccc(S(=O)(=O)NCc2cc(Oc3ccc(Nc4cc(-c5ccccc5)nc(N)n4)cc3)ccn2)cc1. The second-order valence-corrected chi connectivity index (χ2v) is 10.4. The van der Waals surface area contributed by atoms with Gasteiger partial charge in [0.15, 0.2) is 0 Å². The van der Waals surface area contributed by atoms with Crippen molar-refractivity contribution in [1.29, 1.82) is 0 Å².